The first kappa shape index (κ1) is 25.5. The minimum Gasteiger partial charge on any atom is -0.461 e. The number of carbonyl (C=O) groups excluding carboxylic acids is 2. The Hall–Kier alpha value is -1.51. The van der Waals surface area contributed by atoms with Crippen LogP contribution in [0.3, 0.4) is 0 Å². The summed E-state index contributed by atoms with van der Waals surface area (Å²) in [7, 11) is 1.68. The van der Waals surface area contributed by atoms with E-state index in [2.05, 4.69) is 18.8 Å². The molecule has 2 atom stereocenters. The minimum absolute atomic E-state index is 0.0694. The van der Waals surface area contributed by atoms with Crippen molar-refractivity contribution in [3.05, 3.63) is 16.1 Å². The maximum atomic E-state index is 11.8. The molecular formula is C19H35N3O4S. The van der Waals surface area contributed by atoms with Crippen LogP contribution in [0.1, 0.15) is 75.5 Å². The smallest absolute Gasteiger partial charge is 0.357 e. The van der Waals surface area contributed by atoms with Crippen LogP contribution in [0.25, 0.3) is 0 Å². The third-order valence-electron chi connectivity index (χ3n) is 4.09. The van der Waals surface area contributed by atoms with Crippen molar-refractivity contribution in [1.29, 1.82) is 0 Å². The summed E-state index contributed by atoms with van der Waals surface area (Å²) in [4.78, 5) is 29.1. The molecule has 156 valence electrons. The summed E-state index contributed by atoms with van der Waals surface area (Å²) >= 11 is 1.20. The van der Waals surface area contributed by atoms with E-state index in [0.717, 1.165) is 0 Å². The lowest BCUT2D eigenvalue weighted by molar-refractivity contribution is -0.132. The average Bonchev–Trinajstić information content (AvgIpc) is 3.15. The average molecular weight is 402 g/mol. The predicted molar refractivity (Wildman–Crippen MR) is 109 cm³/mol. The van der Waals surface area contributed by atoms with Crippen molar-refractivity contribution in [3.8, 4) is 0 Å². The molecule has 8 heteroatoms. The van der Waals surface area contributed by atoms with Crippen molar-refractivity contribution >= 4 is 23.2 Å². The fourth-order valence-corrected chi connectivity index (χ4v) is 3.06. The number of rotatable bonds is 9. The van der Waals surface area contributed by atoms with Crippen LogP contribution < -0.4 is 5.73 Å². The Kier molecular flexibility index (Phi) is 12.9. The number of likely N-dealkylation sites (N-methyl/N-ethyl adjacent to an activating group) is 1. The van der Waals surface area contributed by atoms with Gasteiger partial charge in [0.25, 0.3) is 0 Å². The molecule has 3 N–H and O–H groups in total. The Balaban J connectivity index is 0.00000153. The lowest BCUT2D eigenvalue weighted by Gasteiger charge is -2.32. The van der Waals surface area contributed by atoms with Crippen LogP contribution in [0.15, 0.2) is 5.38 Å². The monoisotopic (exact) mass is 401 g/mol. The standard InChI is InChI=1S/C15H25N3O4S.C4H10/c1-5-22-15(21)10-8-23-14(17-10)12(19)6-11(9(2)3)18(4)13(20)7-16;1-3-4-2/h8-9,11-12,19H,5-7,16H2,1-4H3;3-4H2,1-2H3. The summed E-state index contributed by atoms with van der Waals surface area (Å²) in [6, 6.07) is -0.170. The summed E-state index contributed by atoms with van der Waals surface area (Å²) < 4.78 is 4.88. The van der Waals surface area contributed by atoms with Crippen LogP contribution in [0.4, 0.5) is 0 Å². The molecule has 0 bridgehead atoms. The van der Waals surface area contributed by atoms with Gasteiger partial charge in [-0.25, -0.2) is 9.78 Å². The number of aliphatic hydroxyl groups excluding tert-OH is 1. The molecule has 1 aromatic rings. The summed E-state index contributed by atoms with van der Waals surface area (Å²) in [6.07, 6.45) is 2.11. The largest absolute Gasteiger partial charge is 0.461 e. The first-order chi connectivity index (χ1) is 12.7. The summed E-state index contributed by atoms with van der Waals surface area (Å²) in [6.45, 7) is 10.2. The molecule has 0 aliphatic carbocycles. The van der Waals surface area contributed by atoms with Crippen molar-refractivity contribution < 1.29 is 19.4 Å². The number of nitrogens with zero attached hydrogens (tertiary/aromatic N) is 2. The molecule has 0 saturated carbocycles. The molecule has 0 radical (unpaired) electrons. The van der Waals surface area contributed by atoms with Crippen molar-refractivity contribution in [2.75, 3.05) is 20.2 Å². The summed E-state index contributed by atoms with van der Waals surface area (Å²) in [5.41, 5.74) is 5.60. The van der Waals surface area contributed by atoms with Crippen molar-refractivity contribution in [1.82, 2.24) is 9.88 Å². The van der Waals surface area contributed by atoms with Gasteiger partial charge in [0.05, 0.1) is 13.2 Å². The number of unbranched alkanes of at least 4 members (excludes halogenated alkanes) is 1. The van der Waals surface area contributed by atoms with Gasteiger partial charge < -0.3 is 20.5 Å². The molecule has 1 aromatic heterocycles. The van der Waals surface area contributed by atoms with Crippen LogP contribution in [0, 0.1) is 5.92 Å². The second-order valence-corrected chi connectivity index (χ2v) is 7.45. The predicted octanol–water partition coefficient (Wildman–Crippen LogP) is 2.99. The highest BCUT2D eigenvalue weighted by Gasteiger charge is 2.27. The van der Waals surface area contributed by atoms with Gasteiger partial charge in [-0.3, -0.25) is 4.79 Å². The van der Waals surface area contributed by atoms with E-state index < -0.39 is 12.1 Å². The number of hydrogen-bond acceptors (Lipinski definition) is 7. The van der Waals surface area contributed by atoms with E-state index in [1.54, 1.807) is 24.3 Å². The molecule has 0 saturated heterocycles. The molecule has 0 aromatic carbocycles. The van der Waals surface area contributed by atoms with Crippen LogP contribution in [-0.2, 0) is 9.53 Å². The highest BCUT2D eigenvalue weighted by atomic mass is 32.1. The van der Waals surface area contributed by atoms with Crippen molar-refractivity contribution in [3.63, 3.8) is 0 Å². The second-order valence-electron chi connectivity index (χ2n) is 6.56. The molecule has 0 aliphatic rings. The van der Waals surface area contributed by atoms with Gasteiger partial charge in [-0.15, -0.1) is 11.3 Å². The third-order valence-corrected chi connectivity index (χ3v) is 5.04. The molecule has 7 nitrogen and oxygen atoms in total. The number of hydrogen-bond donors (Lipinski definition) is 2. The van der Waals surface area contributed by atoms with Crippen molar-refractivity contribution in [2.45, 2.75) is 66.0 Å². The number of aliphatic hydroxyl groups is 1. The Morgan fingerprint density at radius 2 is 1.89 bits per heavy atom. The van der Waals surface area contributed by atoms with E-state index in [-0.39, 0.29) is 36.7 Å². The number of esters is 1. The van der Waals surface area contributed by atoms with Crippen molar-refractivity contribution in [2.24, 2.45) is 11.7 Å². The topological polar surface area (TPSA) is 106 Å². The molecule has 0 aliphatic heterocycles. The Morgan fingerprint density at radius 1 is 1.30 bits per heavy atom. The first-order valence-electron chi connectivity index (χ1n) is 9.49. The van der Waals surface area contributed by atoms with Gasteiger partial charge >= 0.3 is 5.97 Å². The fraction of sp³-hybridized carbons (Fsp3) is 0.737. The van der Waals surface area contributed by atoms with E-state index in [0.29, 0.717) is 11.4 Å². The van der Waals surface area contributed by atoms with Crippen LogP contribution in [-0.4, -0.2) is 53.1 Å². The molecule has 2 unspecified atom stereocenters. The lowest BCUT2D eigenvalue weighted by Crippen LogP contribution is -2.44. The number of amides is 1. The summed E-state index contributed by atoms with van der Waals surface area (Å²) in [5.74, 6) is -0.532. The zero-order chi connectivity index (χ0) is 21.0. The van der Waals surface area contributed by atoms with Crippen LogP contribution in [0.5, 0.6) is 0 Å². The summed E-state index contributed by atoms with van der Waals surface area (Å²) in [5, 5.41) is 12.4. The van der Waals surface area contributed by atoms with E-state index in [1.807, 2.05) is 13.8 Å². The van der Waals surface area contributed by atoms with Gasteiger partial charge in [-0.05, 0) is 12.8 Å². The Labute approximate surface area is 166 Å². The van der Waals surface area contributed by atoms with Gasteiger partial charge in [-0.2, -0.15) is 0 Å². The fourth-order valence-electron chi connectivity index (χ4n) is 2.28. The third kappa shape index (κ3) is 8.81. The molecule has 27 heavy (non-hydrogen) atoms. The maximum Gasteiger partial charge on any atom is 0.357 e. The highest BCUT2D eigenvalue weighted by molar-refractivity contribution is 7.09. The zero-order valence-corrected chi connectivity index (χ0v) is 18.2. The molecule has 1 heterocycles. The molecular weight excluding hydrogens is 366 g/mol. The highest BCUT2D eigenvalue weighted by Crippen LogP contribution is 2.27. The number of aromatic nitrogens is 1. The van der Waals surface area contributed by atoms with E-state index in [1.165, 1.54) is 24.2 Å². The molecule has 0 spiro atoms. The Morgan fingerprint density at radius 3 is 2.33 bits per heavy atom. The van der Waals surface area contributed by atoms with E-state index in [4.69, 9.17) is 10.5 Å². The lowest BCUT2D eigenvalue weighted by atomic mass is 9.96. The van der Waals surface area contributed by atoms with Gasteiger partial charge in [0.1, 0.15) is 11.1 Å². The normalized spacial score (nSPS) is 12.8. The maximum absolute atomic E-state index is 11.8. The van der Waals surface area contributed by atoms with Gasteiger partial charge in [0, 0.05) is 24.9 Å². The van der Waals surface area contributed by atoms with Crippen LogP contribution >= 0.6 is 11.3 Å². The number of thiazole rings is 1. The molecule has 1 rings (SSSR count). The Bertz CT molecular complexity index is 561. The van der Waals surface area contributed by atoms with Crippen LogP contribution in [0.2, 0.25) is 0 Å². The zero-order valence-electron chi connectivity index (χ0n) is 17.4. The quantitative estimate of drug-likeness (QED) is 0.616. The molecule has 1 amide bonds. The number of ether oxygens (including phenoxy) is 1. The number of nitrogens with two attached hydrogens (primary N) is 1. The first-order valence-corrected chi connectivity index (χ1v) is 10.4. The SMILES string of the molecule is CCCC.CCOC(=O)c1csc(C(O)CC(C(C)C)N(C)C(=O)CN)n1. The van der Waals surface area contributed by atoms with Gasteiger partial charge in [0.2, 0.25) is 5.91 Å². The van der Waals surface area contributed by atoms with E-state index in [9.17, 15) is 14.7 Å². The van der Waals surface area contributed by atoms with Gasteiger partial charge in [0.15, 0.2) is 5.69 Å². The van der Waals surface area contributed by atoms with E-state index >= 15 is 0 Å². The minimum atomic E-state index is -0.858. The number of carbonyl (C=O) groups is 2. The second kappa shape index (κ2) is 13.6. The molecule has 0 fully saturated rings. The van der Waals surface area contributed by atoms with Gasteiger partial charge in [-0.1, -0.05) is 40.5 Å².